The molecule has 474 valence electrons. The van der Waals surface area contributed by atoms with Crippen LogP contribution in [0.15, 0.2) is 85.1 Å². The Labute approximate surface area is 509 Å². The first-order chi connectivity index (χ1) is 40.5. The van der Waals surface area contributed by atoms with Crippen LogP contribution in [0, 0.1) is 0 Å². The van der Waals surface area contributed by atoms with Gasteiger partial charge in [0.25, 0.3) is 0 Å². The predicted octanol–water partition coefficient (Wildman–Crippen LogP) is 24.6. The van der Waals surface area contributed by atoms with Gasteiger partial charge >= 0.3 is 17.9 Å². The second-order valence-corrected chi connectivity index (χ2v) is 23.8. The van der Waals surface area contributed by atoms with E-state index in [0.29, 0.717) is 19.3 Å². The van der Waals surface area contributed by atoms with Crippen LogP contribution in [-0.4, -0.2) is 37.2 Å². The van der Waals surface area contributed by atoms with Crippen molar-refractivity contribution in [1.82, 2.24) is 0 Å². The molecule has 0 aliphatic carbocycles. The first-order valence-corrected chi connectivity index (χ1v) is 35.6. The molecule has 0 rings (SSSR count). The van der Waals surface area contributed by atoms with Crippen LogP contribution in [0.1, 0.15) is 361 Å². The SMILES string of the molecule is CC/C=C\C/C=C\C/C=C\C/C=C\C/C=C\CCCCCCCCCCCCCCCCCCCC(=O)OCC(COC(=O)CCCCCCC/C=C\CCCCCCCC)OC(=O)CCCCCCC/C=C\CCCCCCCCC. The van der Waals surface area contributed by atoms with E-state index in [4.69, 9.17) is 14.2 Å². The minimum Gasteiger partial charge on any atom is -0.462 e. The zero-order valence-corrected chi connectivity index (χ0v) is 54.5. The highest BCUT2D eigenvalue weighted by Crippen LogP contribution is 2.17. The molecule has 0 fully saturated rings. The Balaban J connectivity index is 4.19. The monoisotopic (exact) mass is 1140 g/mol. The standard InChI is InChI=1S/C76H134O6/c1-4-7-10-13-16-19-22-25-28-30-31-32-33-34-35-36-37-38-39-40-41-42-43-44-45-46-49-51-54-57-60-63-66-69-75(78)81-72-73(71-80-74(77)68-65-62-59-56-53-50-47-27-24-21-18-15-12-9-6-3)82-76(79)70-67-64-61-58-55-52-48-29-26-23-20-17-14-11-8-5-2/h7,10,16,19,25,27-29,31-32,34-35,47-48,73H,4-6,8-9,11-15,17-18,20-24,26,30,33,36-46,49-72H2,1-3H3/b10-7-,19-16-,28-25-,32-31-,35-34-,47-27-,48-29-. The summed E-state index contributed by atoms with van der Waals surface area (Å²) in [5.41, 5.74) is 0. The third kappa shape index (κ3) is 67.4. The molecule has 0 N–H and O–H groups in total. The van der Waals surface area contributed by atoms with Crippen LogP contribution in [0.25, 0.3) is 0 Å². The molecule has 1 unspecified atom stereocenters. The number of rotatable bonds is 65. The minimum absolute atomic E-state index is 0.0782. The number of ether oxygens (including phenoxy) is 3. The van der Waals surface area contributed by atoms with Gasteiger partial charge in [0, 0.05) is 19.3 Å². The maximum atomic E-state index is 12.9. The molecule has 0 spiro atoms. The number of carbonyl (C=O) groups is 3. The normalized spacial score (nSPS) is 12.6. The number of esters is 3. The fourth-order valence-electron chi connectivity index (χ4n) is 10.3. The summed E-state index contributed by atoms with van der Waals surface area (Å²) in [7, 11) is 0. The van der Waals surface area contributed by atoms with Crippen molar-refractivity contribution >= 4 is 17.9 Å². The van der Waals surface area contributed by atoms with Crippen LogP contribution in [0.3, 0.4) is 0 Å². The van der Waals surface area contributed by atoms with E-state index in [2.05, 4.69) is 106 Å². The van der Waals surface area contributed by atoms with Crippen molar-refractivity contribution in [2.45, 2.75) is 367 Å². The summed E-state index contributed by atoms with van der Waals surface area (Å²) >= 11 is 0. The van der Waals surface area contributed by atoms with Gasteiger partial charge in [-0.15, -0.1) is 0 Å². The molecule has 0 aromatic rings. The van der Waals surface area contributed by atoms with Crippen molar-refractivity contribution in [1.29, 1.82) is 0 Å². The largest absolute Gasteiger partial charge is 0.462 e. The van der Waals surface area contributed by atoms with Crippen LogP contribution in [0.4, 0.5) is 0 Å². The van der Waals surface area contributed by atoms with E-state index in [1.165, 1.54) is 212 Å². The molecular weight excluding hydrogens is 1010 g/mol. The maximum Gasteiger partial charge on any atom is 0.306 e. The number of allylic oxidation sites excluding steroid dienone is 14. The van der Waals surface area contributed by atoms with Gasteiger partial charge < -0.3 is 14.2 Å². The lowest BCUT2D eigenvalue weighted by Crippen LogP contribution is -2.30. The van der Waals surface area contributed by atoms with E-state index in [-0.39, 0.29) is 31.1 Å². The lowest BCUT2D eigenvalue weighted by atomic mass is 10.0. The first-order valence-electron chi connectivity index (χ1n) is 35.6. The molecule has 6 heteroatoms. The molecule has 0 aromatic carbocycles. The van der Waals surface area contributed by atoms with Crippen LogP contribution < -0.4 is 0 Å². The van der Waals surface area contributed by atoms with E-state index >= 15 is 0 Å². The van der Waals surface area contributed by atoms with Gasteiger partial charge in [0.1, 0.15) is 13.2 Å². The van der Waals surface area contributed by atoms with Crippen molar-refractivity contribution in [2.75, 3.05) is 13.2 Å². The van der Waals surface area contributed by atoms with Crippen LogP contribution in [0.2, 0.25) is 0 Å². The van der Waals surface area contributed by atoms with E-state index in [9.17, 15) is 14.4 Å². The molecule has 0 saturated heterocycles. The Bertz CT molecular complexity index is 1550. The highest BCUT2D eigenvalue weighted by Gasteiger charge is 2.19. The van der Waals surface area contributed by atoms with Gasteiger partial charge in [0.2, 0.25) is 0 Å². The molecule has 0 aromatic heterocycles. The number of hydrogen-bond acceptors (Lipinski definition) is 6. The Morgan fingerprint density at radius 3 is 0.756 bits per heavy atom. The van der Waals surface area contributed by atoms with E-state index in [1.54, 1.807) is 0 Å². The quantitative estimate of drug-likeness (QED) is 0.0261. The summed E-state index contributed by atoms with van der Waals surface area (Å²) in [6, 6.07) is 0. The second-order valence-electron chi connectivity index (χ2n) is 23.8. The molecule has 0 aliphatic rings. The van der Waals surface area contributed by atoms with Gasteiger partial charge in [0.15, 0.2) is 6.10 Å². The Morgan fingerprint density at radius 1 is 0.256 bits per heavy atom. The van der Waals surface area contributed by atoms with Crippen molar-refractivity contribution in [3.05, 3.63) is 85.1 Å². The molecule has 0 aliphatic heterocycles. The molecule has 0 amide bonds. The van der Waals surface area contributed by atoms with Crippen molar-refractivity contribution < 1.29 is 28.6 Å². The molecule has 0 bridgehead atoms. The lowest BCUT2D eigenvalue weighted by molar-refractivity contribution is -0.167. The topological polar surface area (TPSA) is 78.9 Å². The third-order valence-electron chi connectivity index (χ3n) is 15.6. The Morgan fingerprint density at radius 2 is 0.476 bits per heavy atom. The average Bonchev–Trinajstić information content (AvgIpc) is 3.47. The summed E-state index contributed by atoms with van der Waals surface area (Å²) in [5.74, 6) is -0.876. The second kappa shape index (κ2) is 70.1. The summed E-state index contributed by atoms with van der Waals surface area (Å²) in [6.07, 6.45) is 93.3. The molecule has 0 saturated carbocycles. The zero-order chi connectivity index (χ0) is 59.2. The molecule has 6 nitrogen and oxygen atoms in total. The predicted molar refractivity (Wildman–Crippen MR) is 358 cm³/mol. The fourth-order valence-corrected chi connectivity index (χ4v) is 10.3. The highest BCUT2D eigenvalue weighted by atomic mass is 16.6. The first kappa shape index (κ1) is 78.6. The lowest BCUT2D eigenvalue weighted by Gasteiger charge is -2.18. The third-order valence-corrected chi connectivity index (χ3v) is 15.6. The van der Waals surface area contributed by atoms with Gasteiger partial charge in [0.05, 0.1) is 0 Å². The van der Waals surface area contributed by atoms with Gasteiger partial charge in [-0.2, -0.15) is 0 Å². The minimum atomic E-state index is -0.783. The summed E-state index contributed by atoms with van der Waals surface area (Å²) in [5, 5.41) is 0. The Kier molecular flexibility index (Phi) is 67.2. The maximum absolute atomic E-state index is 12.9. The number of hydrogen-bond donors (Lipinski definition) is 0. The summed E-state index contributed by atoms with van der Waals surface area (Å²) in [6.45, 7) is 6.55. The van der Waals surface area contributed by atoms with Crippen LogP contribution in [-0.2, 0) is 28.6 Å². The van der Waals surface area contributed by atoms with Gasteiger partial charge in [-0.25, -0.2) is 0 Å². The zero-order valence-electron chi connectivity index (χ0n) is 54.5. The molecule has 82 heavy (non-hydrogen) atoms. The summed E-state index contributed by atoms with van der Waals surface area (Å²) < 4.78 is 17.0. The smallest absolute Gasteiger partial charge is 0.306 e. The molecule has 0 heterocycles. The summed E-state index contributed by atoms with van der Waals surface area (Å²) in [4.78, 5) is 38.4. The average molecular weight is 1140 g/mol. The fraction of sp³-hybridized carbons (Fsp3) is 0.776. The van der Waals surface area contributed by atoms with Gasteiger partial charge in [-0.3, -0.25) is 14.4 Å². The van der Waals surface area contributed by atoms with Gasteiger partial charge in [-0.05, 0) is 116 Å². The van der Waals surface area contributed by atoms with Crippen molar-refractivity contribution in [2.24, 2.45) is 0 Å². The number of unbranched alkanes of at least 4 members (excludes halogenated alkanes) is 40. The Hall–Kier alpha value is -3.41. The molecule has 0 radical (unpaired) electrons. The van der Waals surface area contributed by atoms with E-state index < -0.39 is 6.10 Å². The van der Waals surface area contributed by atoms with Crippen LogP contribution >= 0.6 is 0 Å². The van der Waals surface area contributed by atoms with Crippen molar-refractivity contribution in [3.63, 3.8) is 0 Å². The van der Waals surface area contributed by atoms with Gasteiger partial charge in [-0.1, -0.05) is 311 Å². The van der Waals surface area contributed by atoms with Crippen molar-refractivity contribution in [3.8, 4) is 0 Å². The number of carbonyl (C=O) groups excluding carboxylic acids is 3. The van der Waals surface area contributed by atoms with E-state index in [1.807, 2.05) is 0 Å². The molecule has 1 atom stereocenters. The van der Waals surface area contributed by atoms with Crippen LogP contribution in [0.5, 0.6) is 0 Å². The highest BCUT2D eigenvalue weighted by molar-refractivity contribution is 5.71. The molecular formula is C76H134O6. The van der Waals surface area contributed by atoms with E-state index in [0.717, 1.165) is 109 Å².